The van der Waals surface area contributed by atoms with Gasteiger partial charge in [-0.25, -0.2) is 0 Å². The average molecular weight is 471 g/mol. The first-order chi connectivity index (χ1) is 15.9. The minimum absolute atomic E-state index is 0.0664. The van der Waals surface area contributed by atoms with E-state index < -0.39 is 23.2 Å². The van der Waals surface area contributed by atoms with Crippen molar-refractivity contribution in [1.29, 1.82) is 0 Å². The summed E-state index contributed by atoms with van der Waals surface area (Å²) in [5.41, 5.74) is 0.806. The standard InChI is InChI=1S/C24H26N2O6S/c1-3-31-22(29)14-25-24(30)23-20(33-16(2)27)13-21(28)26(23)15-17-9-11-19(12-10-17)32-18-7-5-4-6-8-18/h4-12,20,23H,3,13-15H2,1-2H3,(H,25,30)/t20-,23-/m1/s1. The molecule has 0 saturated carbocycles. The van der Waals surface area contributed by atoms with Crippen LogP contribution in [0.25, 0.3) is 0 Å². The zero-order chi connectivity index (χ0) is 23.8. The topological polar surface area (TPSA) is 102 Å². The van der Waals surface area contributed by atoms with Crippen LogP contribution in [-0.2, 0) is 30.5 Å². The smallest absolute Gasteiger partial charge is 0.325 e. The number of para-hydroxylation sites is 1. The highest BCUT2D eigenvalue weighted by molar-refractivity contribution is 8.14. The Morgan fingerprint density at radius 2 is 1.73 bits per heavy atom. The molecule has 0 unspecified atom stereocenters. The van der Waals surface area contributed by atoms with Gasteiger partial charge >= 0.3 is 5.97 Å². The normalized spacial score (nSPS) is 17.5. The number of likely N-dealkylation sites (tertiary alicyclic amines) is 1. The van der Waals surface area contributed by atoms with E-state index in [1.807, 2.05) is 42.5 Å². The second-order valence-corrected chi connectivity index (χ2v) is 8.82. The van der Waals surface area contributed by atoms with Crippen molar-refractivity contribution >= 4 is 34.7 Å². The van der Waals surface area contributed by atoms with Crippen molar-refractivity contribution in [3.8, 4) is 11.5 Å². The van der Waals surface area contributed by atoms with Crippen LogP contribution < -0.4 is 10.1 Å². The molecule has 0 aliphatic carbocycles. The number of amides is 2. The summed E-state index contributed by atoms with van der Waals surface area (Å²) < 4.78 is 10.6. The second-order valence-electron chi connectivity index (χ2n) is 7.40. The Kier molecular flexibility index (Phi) is 8.48. The lowest BCUT2D eigenvalue weighted by atomic mass is 10.1. The van der Waals surface area contributed by atoms with Crippen LogP contribution in [0.4, 0.5) is 0 Å². The number of carbonyl (C=O) groups excluding carboxylic acids is 4. The molecule has 0 aromatic heterocycles. The molecule has 1 N–H and O–H groups in total. The third kappa shape index (κ3) is 6.82. The summed E-state index contributed by atoms with van der Waals surface area (Å²) in [6.45, 7) is 3.17. The van der Waals surface area contributed by atoms with Crippen LogP contribution in [0.2, 0.25) is 0 Å². The molecule has 2 aromatic carbocycles. The predicted octanol–water partition coefficient (Wildman–Crippen LogP) is 2.91. The fraction of sp³-hybridized carbons (Fsp3) is 0.333. The van der Waals surface area contributed by atoms with Gasteiger partial charge in [0.2, 0.25) is 11.8 Å². The van der Waals surface area contributed by atoms with E-state index in [2.05, 4.69) is 5.32 Å². The fourth-order valence-electron chi connectivity index (χ4n) is 3.53. The molecule has 2 aromatic rings. The second kappa shape index (κ2) is 11.5. The lowest BCUT2D eigenvalue weighted by Crippen LogP contribution is -2.49. The molecular weight excluding hydrogens is 444 g/mol. The van der Waals surface area contributed by atoms with Crippen molar-refractivity contribution in [2.75, 3.05) is 13.2 Å². The van der Waals surface area contributed by atoms with Crippen molar-refractivity contribution in [3.63, 3.8) is 0 Å². The van der Waals surface area contributed by atoms with E-state index in [1.54, 1.807) is 19.1 Å². The Labute approximate surface area is 196 Å². The predicted molar refractivity (Wildman–Crippen MR) is 124 cm³/mol. The van der Waals surface area contributed by atoms with Crippen LogP contribution in [0.15, 0.2) is 54.6 Å². The van der Waals surface area contributed by atoms with Gasteiger partial charge in [0, 0.05) is 19.9 Å². The Hall–Kier alpha value is -3.33. The van der Waals surface area contributed by atoms with E-state index in [1.165, 1.54) is 11.8 Å². The molecule has 0 radical (unpaired) electrons. The lowest BCUT2D eigenvalue weighted by molar-refractivity contribution is -0.144. The zero-order valence-corrected chi connectivity index (χ0v) is 19.3. The summed E-state index contributed by atoms with van der Waals surface area (Å²) in [4.78, 5) is 50.4. The van der Waals surface area contributed by atoms with Crippen LogP contribution in [0.3, 0.4) is 0 Å². The molecule has 174 valence electrons. The van der Waals surface area contributed by atoms with Gasteiger partial charge in [0.25, 0.3) is 0 Å². The molecule has 2 atom stereocenters. The van der Waals surface area contributed by atoms with Gasteiger partial charge < -0.3 is 19.7 Å². The molecule has 1 heterocycles. The number of benzene rings is 2. The third-order valence-corrected chi connectivity index (χ3v) is 6.00. The molecule has 2 amide bonds. The van der Waals surface area contributed by atoms with Gasteiger partial charge in [0.15, 0.2) is 5.12 Å². The number of rotatable bonds is 9. The Bertz CT molecular complexity index is 996. The summed E-state index contributed by atoms with van der Waals surface area (Å²) in [5, 5.41) is 1.82. The minimum Gasteiger partial charge on any atom is -0.465 e. The van der Waals surface area contributed by atoms with Gasteiger partial charge in [-0.05, 0) is 36.8 Å². The monoisotopic (exact) mass is 470 g/mol. The summed E-state index contributed by atoms with van der Waals surface area (Å²) in [6, 6.07) is 15.7. The van der Waals surface area contributed by atoms with E-state index in [0.717, 1.165) is 17.3 Å². The summed E-state index contributed by atoms with van der Waals surface area (Å²) >= 11 is 0.966. The molecule has 3 rings (SSSR count). The number of nitrogens with zero attached hydrogens (tertiary/aromatic N) is 1. The summed E-state index contributed by atoms with van der Waals surface area (Å²) in [6.07, 6.45) is 0.0664. The number of ether oxygens (including phenoxy) is 2. The van der Waals surface area contributed by atoms with Gasteiger partial charge in [-0.3, -0.25) is 19.2 Å². The molecule has 1 saturated heterocycles. The first-order valence-corrected chi connectivity index (χ1v) is 11.5. The maximum atomic E-state index is 12.9. The van der Waals surface area contributed by atoms with Crippen molar-refractivity contribution in [2.45, 2.75) is 38.1 Å². The van der Waals surface area contributed by atoms with E-state index in [9.17, 15) is 19.2 Å². The van der Waals surface area contributed by atoms with Gasteiger partial charge in [-0.15, -0.1) is 0 Å². The first-order valence-electron chi connectivity index (χ1n) is 10.6. The van der Waals surface area contributed by atoms with Gasteiger partial charge in [0.05, 0.1) is 11.9 Å². The quantitative estimate of drug-likeness (QED) is 0.562. The highest BCUT2D eigenvalue weighted by atomic mass is 32.2. The zero-order valence-electron chi connectivity index (χ0n) is 18.5. The number of thioether (sulfide) groups is 1. The molecule has 1 fully saturated rings. The maximum absolute atomic E-state index is 12.9. The largest absolute Gasteiger partial charge is 0.465 e. The first kappa shape index (κ1) is 24.3. The maximum Gasteiger partial charge on any atom is 0.325 e. The number of hydrogen-bond donors (Lipinski definition) is 1. The minimum atomic E-state index is -0.874. The Morgan fingerprint density at radius 1 is 1.06 bits per heavy atom. The third-order valence-electron chi connectivity index (χ3n) is 4.94. The van der Waals surface area contributed by atoms with Crippen molar-refractivity contribution < 1.29 is 28.7 Å². The van der Waals surface area contributed by atoms with Crippen LogP contribution in [0, 0.1) is 0 Å². The van der Waals surface area contributed by atoms with E-state index in [0.29, 0.717) is 11.5 Å². The van der Waals surface area contributed by atoms with Crippen LogP contribution >= 0.6 is 11.8 Å². The summed E-state index contributed by atoms with van der Waals surface area (Å²) in [5.74, 6) is 0.0756. The fourth-order valence-corrected chi connectivity index (χ4v) is 4.58. The van der Waals surface area contributed by atoms with E-state index in [-0.39, 0.29) is 37.1 Å². The molecule has 9 heteroatoms. The molecule has 1 aliphatic rings. The van der Waals surface area contributed by atoms with Gasteiger partial charge in [0.1, 0.15) is 24.1 Å². The van der Waals surface area contributed by atoms with E-state index in [4.69, 9.17) is 9.47 Å². The number of hydrogen-bond acceptors (Lipinski definition) is 7. The highest BCUT2D eigenvalue weighted by Gasteiger charge is 2.45. The average Bonchev–Trinajstić information content (AvgIpc) is 3.08. The van der Waals surface area contributed by atoms with E-state index >= 15 is 0 Å². The highest BCUT2D eigenvalue weighted by Crippen LogP contribution is 2.32. The molecule has 1 aliphatic heterocycles. The van der Waals surface area contributed by atoms with Gasteiger partial charge in [-0.1, -0.05) is 42.1 Å². The Morgan fingerprint density at radius 3 is 2.36 bits per heavy atom. The number of carbonyl (C=O) groups is 4. The molecule has 0 spiro atoms. The SMILES string of the molecule is CCOC(=O)CNC(=O)[C@H]1[C@H](SC(C)=O)CC(=O)N1Cc1ccc(Oc2ccccc2)cc1. The molecular formula is C24H26N2O6S. The van der Waals surface area contributed by atoms with Crippen LogP contribution in [-0.4, -0.2) is 52.2 Å². The van der Waals surface area contributed by atoms with Crippen molar-refractivity contribution in [3.05, 3.63) is 60.2 Å². The van der Waals surface area contributed by atoms with Crippen LogP contribution in [0.1, 0.15) is 25.8 Å². The molecule has 8 nitrogen and oxygen atoms in total. The van der Waals surface area contributed by atoms with Crippen LogP contribution in [0.5, 0.6) is 11.5 Å². The van der Waals surface area contributed by atoms with Crippen molar-refractivity contribution in [1.82, 2.24) is 10.2 Å². The number of esters is 1. The lowest BCUT2D eigenvalue weighted by Gasteiger charge is -2.26. The molecule has 0 bridgehead atoms. The molecule has 33 heavy (non-hydrogen) atoms. The van der Waals surface area contributed by atoms with Gasteiger partial charge in [-0.2, -0.15) is 0 Å². The Balaban J connectivity index is 1.71. The number of nitrogens with one attached hydrogen (secondary N) is 1. The summed E-state index contributed by atoms with van der Waals surface area (Å²) in [7, 11) is 0. The van der Waals surface area contributed by atoms with Crippen molar-refractivity contribution in [2.24, 2.45) is 0 Å².